The normalized spacial score (nSPS) is 16.1. The molecule has 0 bridgehead atoms. The molecule has 0 fully saturated rings. The molecular formula is C24H37Cl2FO8P2. The number of unbranched alkanes of at least 4 members (excludes halogenated alkanes) is 3. The summed E-state index contributed by atoms with van der Waals surface area (Å²) in [5, 5.41) is 0.571. The second-order valence-corrected chi connectivity index (χ2v) is 12.0. The van der Waals surface area contributed by atoms with Crippen LogP contribution in [0.4, 0.5) is 4.39 Å². The summed E-state index contributed by atoms with van der Waals surface area (Å²) < 4.78 is 65.5. The van der Waals surface area contributed by atoms with Gasteiger partial charge in [0.25, 0.3) is 0 Å². The van der Waals surface area contributed by atoms with Gasteiger partial charge >= 0.3 is 15.6 Å². The van der Waals surface area contributed by atoms with Gasteiger partial charge in [0.2, 0.25) is 0 Å². The zero-order valence-corrected chi connectivity index (χ0v) is 25.0. The summed E-state index contributed by atoms with van der Waals surface area (Å²) >= 11 is 12.0. The Morgan fingerprint density at radius 2 is 1.57 bits per heavy atom. The lowest BCUT2D eigenvalue weighted by Gasteiger charge is -2.19. The fraction of sp³-hybridized carbons (Fsp3) is 0.583. The van der Waals surface area contributed by atoms with Crippen LogP contribution < -0.4 is 4.52 Å². The molecular weight excluding hydrogens is 568 g/mol. The van der Waals surface area contributed by atoms with Crippen molar-refractivity contribution in [3.8, 4) is 5.75 Å². The minimum absolute atomic E-state index is 0.0459. The molecule has 0 aliphatic carbocycles. The van der Waals surface area contributed by atoms with E-state index < -0.39 is 21.5 Å². The Bertz CT molecular complexity index is 1000. The van der Waals surface area contributed by atoms with Crippen LogP contribution in [0.1, 0.15) is 72.6 Å². The van der Waals surface area contributed by atoms with E-state index in [1.807, 2.05) is 13.8 Å². The lowest BCUT2D eigenvalue weighted by Crippen LogP contribution is -2.05. The Hall–Kier alpha value is -0.890. The molecule has 1 rings (SSSR count). The number of phosphoric acid groups is 2. The predicted octanol–water partition coefficient (Wildman–Crippen LogP) is 9.56. The molecule has 1 aromatic rings. The number of benzene rings is 1. The smallest absolute Gasteiger partial charge is 0.409 e. The molecule has 0 spiro atoms. The van der Waals surface area contributed by atoms with Gasteiger partial charge < -0.3 is 9.05 Å². The Morgan fingerprint density at radius 1 is 0.973 bits per heavy atom. The molecule has 0 radical (unpaired) electrons. The highest BCUT2D eigenvalue weighted by molar-refractivity contribution is 7.49. The van der Waals surface area contributed by atoms with E-state index in [1.165, 1.54) is 19.1 Å². The van der Waals surface area contributed by atoms with E-state index in [9.17, 15) is 18.4 Å². The van der Waals surface area contributed by atoms with E-state index >= 15 is 0 Å². The largest absolute Gasteiger partial charge is 0.530 e. The molecule has 0 saturated carbocycles. The maximum Gasteiger partial charge on any atom is 0.530 e. The molecule has 1 aromatic carbocycles. The molecule has 8 nitrogen and oxygen atoms in total. The van der Waals surface area contributed by atoms with Crippen molar-refractivity contribution in [2.45, 2.75) is 72.6 Å². The molecule has 0 saturated heterocycles. The van der Waals surface area contributed by atoms with Crippen LogP contribution >= 0.6 is 38.8 Å². The maximum atomic E-state index is 14.5. The highest BCUT2D eigenvalue weighted by atomic mass is 35.5. The third-order valence-corrected chi connectivity index (χ3v) is 7.77. The molecule has 2 unspecified atom stereocenters. The SMILES string of the molecule is CCCCOP(=O)(O)O/C(C)=C/C(F)=C(\C)CCCCOP(=O)(OCCCC)Oc1ccc(Cl)cc1Cl. The van der Waals surface area contributed by atoms with E-state index in [1.54, 1.807) is 13.0 Å². The van der Waals surface area contributed by atoms with Gasteiger partial charge in [-0.1, -0.05) is 49.9 Å². The average Bonchev–Trinajstić information content (AvgIpc) is 2.80. The second-order valence-electron chi connectivity index (χ2n) is 8.22. The van der Waals surface area contributed by atoms with Gasteiger partial charge in [-0.2, -0.15) is 0 Å². The van der Waals surface area contributed by atoms with Crippen LogP contribution in [0.2, 0.25) is 10.0 Å². The lowest BCUT2D eigenvalue weighted by atomic mass is 10.1. The molecule has 0 aromatic heterocycles. The molecule has 0 aliphatic rings. The summed E-state index contributed by atoms with van der Waals surface area (Å²) in [7, 11) is -8.24. The number of hydrogen-bond donors (Lipinski definition) is 1. The first-order chi connectivity index (χ1) is 17.4. The monoisotopic (exact) mass is 604 g/mol. The molecule has 1 N–H and O–H groups in total. The minimum Gasteiger partial charge on any atom is -0.409 e. The molecule has 0 heterocycles. The van der Waals surface area contributed by atoms with Crippen molar-refractivity contribution in [1.29, 1.82) is 0 Å². The van der Waals surface area contributed by atoms with Gasteiger partial charge in [0.15, 0.2) is 0 Å². The average molecular weight is 605 g/mol. The Kier molecular flexibility index (Phi) is 16.3. The standard InChI is InChI=1S/C24H37Cl2FO8P2/c1-5-7-14-31-36(28,29)34-20(4)17-23(27)19(3)11-9-10-16-33-37(30,32-15-8-6-2)35-24-13-12-21(25)18-22(24)26/h12-13,17-18H,5-11,14-16H2,1-4H3,(H,28,29)/b20-17+,23-19-. The summed E-state index contributed by atoms with van der Waals surface area (Å²) in [5.74, 6) is -0.536. The number of rotatable bonds is 19. The first-order valence-corrected chi connectivity index (χ1v) is 15.9. The van der Waals surface area contributed by atoms with Crippen LogP contribution in [-0.2, 0) is 27.2 Å². The van der Waals surface area contributed by atoms with Crippen LogP contribution in [0.25, 0.3) is 0 Å². The highest BCUT2D eigenvalue weighted by Crippen LogP contribution is 2.51. The Morgan fingerprint density at radius 3 is 2.16 bits per heavy atom. The summed E-state index contributed by atoms with van der Waals surface area (Å²) in [6.45, 7) is 7.15. The minimum atomic E-state index is -4.29. The number of phosphoric ester groups is 2. The molecule has 2 atom stereocenters. The van der Waals surface area contributed by atoms with E-state index in [0.29, 0.717) is 42.7 Å². The molecule has 0 amide bonds. The van der Waals surface area contributed by atoms with Crippen LogP contribution in [0.3, 0.4) is 0 Å². The molecule has 13 heteroatoms. The van der Waals surface area contributed by atoms with Crippen LogP contribution in [0.5, 0.6) is 5.75 Å². The summed E-state index contributed by atoms with van der Waals surface area (Å²) in [6, 6.07) is 4.48. The zero-order chi connectivity index (χ0) is 27.9. The topological polar surface area (TPSA) is 101 Å². The number of hydrogen-bond acceptors (Lipinski definition) is 7. The van der Waals surface area contributed by atoms with Crippen molar-refractivity contribution in [1.82, 2.24) is 0 Å². The van der Waals surface area contributed by atoms with Gasteiger partial charge in [-0.3, -0.25) is 18.5 Å². The van der Waals surface area contributed by atoms with Crippen molar-refractivity contribution in [2.24, 2.45) is 0 Å². The van der Waals surface area contributed by atoms with E-state index in [-0.39, 0.29) is 36.4 Å². The Balaban J connectivity index is 2.62. The van der Waals surface area contributed by atoms with Crippen molar-refractivity contribution >= 4 is 38.8 Å². The van der Waals surface area contributed by atoms with Gasteiger partial charge in [-0.15, -0.1) is 0 Å². The molecule has 0 aliphatic heterocycles. The predicted molar refractivity (Wildman–Crippen MR) is 145 cm³/mol. The third kappa shape index (κ3) is 14.7. The number of halogens is 3. The summed E-state index contributed by atoms with van der Waals surface area (Å²) in [6.07, 6.45) is 5.27. The number of allylic oxidation sites excluding steroid dienone is 4. The summed E-state index contributed by atoms with van der Waals surface area (Å²) in [4.78, 5) is 9.68. The van der Waals surface area contributed by atoms with Crippen molar-refractivity contribution in [3.05, 3.63) is 51.5 Å². The molecule has 37 heavy (non-hydrogen) atoms. The van der Waals surface area contributed by atoms with Crippen molar-refractivity contribution < 1.29 is 41.0 Å². The van der Waals surface area contributed by atoms with E-state index in [0.717, 1.165) is 18.9 Å². The summed E-state index contributed by atoms with van der Waals surface area (Å²) in [5.41, 5.74) is 0.411. The third-order valence-electron chi connectivity index (χ3n) is 4.80. The van der Waals surface area contributed by atoms with E-state index in [4.69, 9.17) is 45.8 Å². The van der Waals surface area contributed by atoms with E-state index in [2.05, 4.69) is 0 Å². The van der Waals surface area contributed by atoms with Gasteiger partial charge in [-0.25, -0.2) is 13.5 Å². The quantitative estimate of drug-likeness (QED) is 0.0720. The van der Waals surface area contributed by atoms with Crippen LogP contribution in [0, 0.1) is 0 Å². The van der Waals surface area contributed by atoms with Crippen LogP contribution in [0.15, 0.2) is 41.4 Å². The van der Waals surface area contributed by atoms with Crippen molar-refractivity contribution in [2.75, 3.05) is 19.8 Å². The first kappa shape index (κ1) is 34.1. The van der Waals surface area contributed by atoms with Gasteiger partial charge in [0.1, 0.15) is 17.3 Å². The van der Waals surface area contributed by atoms with Crippen LogP contribution in [-0.4, -0.2) is 24.7 Å². The fourth-order valence-corrected chi connectivity index (χ4v) is 5.34. The van der Waals surface area contributed by atoms with Gasteiger partial charge in [0.05, 0.1) is 24.8 Å². The zero-order valence-electron chi connectivity index (χ0n) is 21.7. The lowest BCUT2D eigenvalue weighted by molar-refractivity contribution is 0.151. The first-order valence-electron chi connectivity index (χ1n) is 12.2. The van der Waals surface area contributed by atoms with Crippen molar-refractivity contribution in [3.63, 3.8) is 0 Å². The fourth-order valence-electron chi connectivity index (χ4n) is 2.73. The second kappa shape index (κ2) is 17.6. The molecule has 212 valence electrons. The van der Waals surface area contributed by atoms with Gasteiger partial charge in [0, 0.05) is 11.1 Å². The van der Waals surface area contributed by atoms with Gasteiger partial charge in [-0.05, 0) is 69.7 Å². The highest BCUT2D eigenvalue weighted by Gasteiger charge is 2.29. The maximum absolute atomic E-state index is 14.5. The Labute approximate surface area is 229 Å².